The summed E-state index contributed by atoms with van der Waals surface area (Å²) in [4.78, 5) is 0. The lowest BCUT2D eigenvalue weighted by Gasteiger charge is -2.30. The molecule has 0 saturated carbocycles. The second-order valence-electron chi connectivity index (χ2n) is 4.75. The third kappa shape index (κ3) is 2.32. The van der Waals surface area contributed by atoms with Crippen LogP contribution >= 0.6 is 11.6 Å². The molecule has 0 amide bonds. The number of rotatable bonds is 1. The molecular weight excluding hydrogens is 283 g/mol. The van der Waals surface area contributed by atoms with Crippen LogP contribution < -0.4 is 4.74 Å². The Bertz CT molecular complexity index is 660. The lowest BCUT2D eigenvalue weighted by molar-refractivity contribution is 0.0653. The van der Waals surface area contributed by atoms with Crippen LogP contribution in [0.2, 0.25) is 5.02 Å². The molecule has 5 heteroatoms. The second kappa shape index (κ2) is 4.96. The zero-order valence-electron chi connectivity index (χ0n) is 10.4. The second-order valence-corrected chi connectivity index (χ2v) is 5.16. The minimum atomic E-state index is -0.799. The summed E-state index contributed by atoms with van der Waals surface area (Å²) in [6.45, 7) is 0. The summed E-state index contributed by atoms with van der Waals surface area (Å²) in [5, 5.41) is 19.8. The quantitative estimate of drug-likeness (QED) is 0.842. The SMILES string of the molecule is Oc1ccc(C2C[C@@H](O)c3cc(F)ccc3O2)cc1Cl. The predicted molar refractivity (Wildman–Crippen MR) is 72.5 cm³/mol. The van der Waals surface area contributed by atoms with Crippen molar-refractivity contribution in [2.45, 2.75) is 18.6 Å². The zero-order valence-corrected chi connectivity index (χ0v) is 11.1. The standard InChI is InChI=1S/C15H12ClFO3/c16-11-5-8(1-3-12(11)18)15-7-13(19)10-6-9(17)2-4-14(10)20-15/h1-6,13,15,18-19H,7H2/t13-,15?/m1/s1. The molecule has 3 nitrogen and oxygen atoms in total. The number of benzene rings is 2. The highest BCUT2D eigenvalue weighted by atomic mass is 35.5. The average molecular weight is 295 g/mol. The molecule has 20 heavy (non-hydrogen) atoms. The van der Waals surface area contributed by atoms with Crippen molar-refractivity contribution in [1.29, 1.82) is 0 Å². The monoisotopic (exact) mass is 294 g/mol. The van der Waals surface area contributed by atoms with Crippen molar-refractivity contribution in [3.05, 3.63) is 58.4 Å². The lowest BCUT2D eigenvalue weighted by atomic mass is 9.95. The van der Waals surface area contributed by atoms with E-state index in [1.165, 1.54) is 24.3 Å². The van der Waals surface area contributed by atoms with Gasteiger partial charge < -0.3 is 14.9 Å². The molecule has 0 radical (unpaired) electrons. The molecule has 0 aromatic heterocycles. The highest BCUT2D eigenvalue weighted by molar-refractivity contribution is 6.32. The summed E-state index contributed by atoms with van der Waals surface area (Å²) in [6, 6.07) is 8.84. The van der Waals surface area contributed by atoms with Gasteiger partial charge in [0.1, 0.15) is 23.4 Å². The van der Waals surface area contributed by atoms with Crippen LogP contribution in [0.25, 0.3) is 0 Å². The molecule has 0 saturated heterocycles. The smallest absolute Gasteiger partial charge is 0.134 e. The van der Waals surface area contributed by atoms with E-state index in [0.717, 1.165) is 5.56 Å². The summed E-state index contributed by atoms with van der Waals surface area (Å²) in [5.74, 6) is 0.0473. The largest absolute Gasteiger partial charge is 0.506 e. The number of aliphatic hydroxyl groups excluding tert-OH is 1. The first-order chi connectivity index (χ1) is 9.54. The van der Waals surface area contributed by atoms with Crippen molar-refractivity contribution in [1.82, 2.24) is 0 Å². The van der Waals surface area contributed by atoms with E-state index in [2.05, 4.69) is 0 Å². The van der Waals surface area contributed by atoms with Crippen LogP contribution in [0.3, 0.4) is 0 Å². The topological polar surface area (TPSA) is 49.7 Å². The first-order valence-corrected chi connectivity index (χ1v) is 6.55. The summed E-state index contributed by atoms with van der Waals surface area (Å²) in [6.07, 6.45) is -0.884. The van der Waals surface area contributed by atoms with E-state index < -0.39 is 11.9 Å². The molecule has 1 aliphatic rings. The van der Waals surface area contributed by atoms with Gasteiger partial charge in [-0.25, -0.2) is 4.39 Å². The molecule has 0 bridgehead atoms. The summed E-state index contributed by atoms with van der Waals surface area (Å²) < 4.78 is 18.9. The average Bonchev–Trinajstić information content (AvgIpc) is 2.42. The van der Waals surface area contributed by atoms with Crippen molar-refractivity contribution in [3.63, 3.8) is 0 Å². The third-order valence-corrected chi connectivity index (χ3v) is 3.68. The zero-order chi connectivity index (χ0) is 14.3. The number of aromatic hydroxyl groups is 1. The lowest BCUT2D eigenvalue weighted by Crippen LogP contribution is -2.19. The summed E-state index contributed by atoms with van der Waals surface area (Å²) >= 11 is 5.87. The molecule has 0 spiro atoms. The highest BCUT2D eigenvalue weighted by Gasteiger charge is 2.28. The molecule has 1 aliphatic heterocycles. The minimum absolute atomic E-state index is 0.00533. The number of hydrogen-bond donors (Lipinski definition) is 2. The Balaban J connectivity index is 1.94. The molecule has 2 aromatic rings. The van der Waals surface area contributed by atoms with Crippen LogP contribution in [-0.2, 0) is 0 Å². The fourth-order valence-electron chi connectivity index (χ4n) is 2.35. The van der Waals surface area contributed by atoms with E-state index in [-0.39, 0.29) is 16.9 Å². The Labute approximate surface area is 120 Å². The Morgan fingerprint density at radius 2 is 2.00 bits per heavy atom. The van der Waals surface area contributed by atoms with Gasteiger partial charge in [-0.1, -0.05) is 17.7 Å². The first-order valence-electron chi connectivity index (χ1n) is 6.17. The number of ether oxygens (including phenoxy) is 1. The number of fused-ring (bicyclic) bond motifs is 1. The first kappa shape index (κ1) is 13.2. The van der Waals surface area contributed by atoms with Crippen LogP contribution in [0.1, 0.15) is 29.8 Å². The fourth-order valence-corrected chi connectivity index (χ4v) is 2.53. The van der Waals surface area contributed by atoms with Gasteiger partial charge >= 0.3 is 0 Å². The van der Waals surface area contributed by atoms with Gasteiger partial charge in [0.05, 0.1) is 11.1 Å². The van der Waals surface area contributed by atoms with Crippen molar-refractivity contribution in [3.8, 4) is 11.5 Å². The number of aliphatic hydroxyl groups is 1. The summed E-state index contributed by atoms with van der Waals surface area (Å²) in [7, 11) is 0. The molecule has 104 valence electrons. The molecule has 2 atom stereocenters. The van der Waals surface area contributed by atoms with Gasteiger partial charge in [0.15, 0.2) is 0 Å². The van der Waals surface area contributed by atoms with Crippen molar-refractivity contribution < 1.29 is 19.3 Å². The van der Waals surface area contributed by atoms with E-state index in [9.17, 15) is 14.6 Å². The normalized spacial score (nSPS) is 21.1. The molecule has 1 unspecified atom stereocenters. The van der Waals surface area contributed by atoms with E-state index >= 15 is 0 Å². The van der Waals surface area contributed by atoms with Gasteiger partial charge in [0.2, 0.25) is 0 Å². The molecule has 0 fully saturated rings. The highest BCUT2D eigenvalue weighted by Crippen LogP contribution is 2.41. The van der Waals surface area contributed by atoms with Crippen molar-refractivity contribution >= 4 is 11.6 Å². The number of hydrogen-bond acceptors (Lipinski definition) is 3. The van der Waals surface area contributed by atoms with E-state index in [0.29, 0.717) is 17.7 Å². The molecule has 2 aromatic carbocycles. The number of halogens is 2. The van der Waals surface area contributed by atoms with Gasteiger partial charge in [-0.3, -0.25) is 0 Å². The summed E-state index contributed by atoms with van der Waals surface area (Å²) in [5.41, 5.74) is 1.20. The molecule has 1 heterocycles. The maximum absolute atomic E-state index is 13.2. The Kier molecular flexibility index (Phi) is 3.28. The molecular formula is C15H12ClFO3. The predicted octanol–water partition coefficient (Wildman–Crippen LogP) is 3.74. The van der Waals surface area contributed by atoms with Crippen LogP contribution in [0.15, 0.2) is 36.4 Å². The Hall–Kier alpha value is -1.78. The van der Waals surface area contributed by atoms with E-state index in [1.807, 2.05) is 0 Å². The Morgan fingerprint density at radius 1 is 1.20 bits per heavy atom. The van der Waals surface area contributed by atoms with Gasteiger partial charge in [0.25, 0.3) is 0 Å². The molecule has 3 rings (SSSR count). The fraction of sp³-hybridized carbons (Fsp3) is 0.200. The Morgan fingerprint density at radius 3 is 2.75 bits per heavy atom. The van der Waals surface area contributed by atoms with Gasteiger partial charge in [-0.2, -0.15) is 0 Å². The number of phenolic OH excluding ortho intramolecular Hbond substituents is 1. The van der Waals surface area contributed by atoms with E-state index in [1.54, 1.807) is 12.1 Å². The van der Waals surface area contributed by atoms with Crippen LogP contribution in [0.5, 0.6) is 11.5 Å². The van der Waals surface area contributed by atoms with Crippen LogP contribution in [0.4, 0.5) is 4.39 Å². The number of phenols is 1. The minimum Gasteiger partial charge on any atom is -0.506 e. The molecule has 2 N–H and O–H groups in total. The van der Waals surface area contributed by atoms with Crippen LogP contribution in [0, 0.1) is 5.82 Å². The van der Waals surface area contributed by atoms with Crippen molar-refractivity contribution in [2.75, 3.05) is 0 Å². The third-order valence-electron chi connectivity index (χ3n) is 3.38. The maximum Gasteiger partial charge on any atom is 0.134 e. The van der Waals surface area contributed by atoms with Gasteiger partial charge in [0, 0.05) is 12.0 Å². The van der Waals surface area contributed by atoms with Crippen LogP contribution in [-0.4, -0.2) is 10.2 Å². The maximum atomic E-state index is 13.2. The van der Waals surface area contributed by atoms with E-state index in [4.69, 9.17) is 16.3 Å². The van der Waals surface area contributed by atoms with Gasteiger partial charge in [-0.15, -0.1) is 0 Å². The van der Waals surface area contributed by atoms with Gasteiger partial charge in [-0.05, 0) is 35.9 Å². The van der Waals surface area contributed by atoms with Crippen molar-refractivity contribution in [2.24, 2.45) is 0 Å². The molecule has 0 aliphatic carbocycles.